The Hall–Kier alpha value is -1.62. The number of rotatable bonds is 6. The summed E-state index contributed by atoms with van der Waals surface area (Å²) in [7, 11) is 1.62. The van der Waals surface area contributed by atoms with Crippen molar-refractivity contribution in [1.29, 1.82) is 0 Å². The van der Waals surface area contributed by atoms with Crippen molar-refractivity contribution in [3.8, 4) is 0 Å². The third kappa shape index (κ3) is 3.20. The van der Waals surface area contributed by atoms with Crippen molar-refractivity contribution in [2.45, 2.75) is 19.4 Å². The third-order valence-electron chi connectivity index (χ3n) is 3.10. The van der Waals surface area contributed by atoms with Crippen LogP contribution in [0.5, 0.6) is 0 Å². The second-order valence-corrected chi connectivity index (χ2v) is 4.38. The fourth-order valence-electron chi connectivity index (χ4n) is 1.67. The Morgan fingerprint density at radius 2 is 2.00 bits per heavy atom. The Morgan fingerprint density at radius 3 is 2.39 bits per heavy atom. The van der Waals surface area contributed by atoms with Crippen molar-refractivity contribution in [2.24, 2.45) is 0 Å². The van der Waals surface area contributed by atoms with Crippen molar-refractivity contribution in [2.75, 3.05) is 25.0 Å². The monoisotopic (exact) mass is 254 g/mol. The molecule has 1 aromatic rings. The number of likely N-dealkylation sites (N-methyl/N-ethyl adjacent to an activating group) is 2. The zero-order valence-corrected chi connectivity index (χ0v) is 10.9. The van der Waals surface area contributed by atoms with Crippen LogP contribution in [0.4, 0.5) is 10.1 Å². The van der Waals surface area contributed by atoms with Crippen LogP contribution in [0.25, 0.3) is 0 Å². The summed E-state index contributed by atoms with van der Waals surface area (Å²) in [5.74, 6) is -1.21. The molecule has 0 aromatic heterocycles. The molecular formula is C13H19FN2O2. The van der Waals surface area contributed by atoms with Gasteiger partial charge < -0.3 is 15.3 Å². The van der Waals surface area contributed by atoms with E-state index in [0.717, 1.165) is 5.69 Å². The maximum atomic E-state index is 12.9. The highest BCUT2D eigenvalue weighted by Crippen LogP contribution is 2.17. The molecule has 0 spiro atoms. The summed E-state index contributed by atoms with van der Waals surface area (Å²) >= 11 is 0. The van der Waals surface area contributed by atoms with Gasteiger partial charge in [-0.2, -0.15) is 0 Å². The molecule has 18 heavy (non-hydrogen) atoms. The molecule has 0 amide bonds. The van der Waals surface area contributed by atoms with Gasteiger partial charge in [0.2, 0.25) is 0 Å². The van der Waals surface area contributed by atoms with Crippen LogP contribution in [0.2, 0.25) is 0 Å². The average molecular weight is 254 g/mol. The maximum Gasteiger partial charge on any atom is 0.325 e. The van der Waals surface area contributed by atoms with Crippen molar-refractivity contribution in [3.63, 3.8) is 0 Å². The molecule has 0 aliphatic rings. The van der Waals surface area contributed by atoms with E-state index < -0.39 is 11.5 Å². The first-order chi connectivity index (χ1) is 8.42. The number of hydrogen-bond acceptors (Lipinski definition) is 3. The lowest BCUT2D eigenvalue weighted by molar-refractivity contribution is -0.143. The van der Waals surface area contributed by atoms with Gasteiger partial charge in [0.1, 0.15) is 11.4 Å². The van der Waals surface area contributed by atoms with Crippen molar-refractivity contribution >= 4 is 11.7 Å². The molecule has 0 saturated heterocycles. The largest absolute Gasteiger partial charge is 0.480 e. The van der Waals surface area contributed by atoms with E-state index in [9.17, 15) is 14.3 Å². The van der Waals surface area contributed by atoms with Crippen molar-refractivity contribution in [1.82, 2.24) is 5.32 Å². The third-order valence-corrected chi connectivity index (χ3v) is 3.10. The summed E-state index contributed by atoms with van der Waals surface area (Å²) in [6, 6.07) is 6.04. The molecule has 1 aromatic carbocycles. The highest BCUT2D eigenvalue weighted by atomic mass is 19.1. The van der Waals surface area contributed by atoms with Crippen LogP contribution >= 0.6 is 0 Å². The molecular weight excluding hydrogens is 235 g/mol. The molecule has 2 N–H and O–H groups in total. The van der Waals surface area contributed by atoms with Crippen LogP contribution in [0.1, 0.15) is 13.8 Å². The van der Waals surface area contributed by atoms with Gasteiger partial charge in [-0.05, 0) is 45.2 Å². The number of carbonyl (C=O) groups is 1. The normalized spacial score (nSPS) is 14.0. The SMILES string of the molecule is CCN(CC(C)(NC)C(=O)O)c1ccc(F)cc1. The van der Waals surface area contributed by atoms with Gasteiger partial charge in [-0.3, -0.25) is 4.79 Å². The Morgan fingerprint density at radius 1 is 1.44 bits per heavy atom. The zero-order valence-electron chi connectivity index (χ0n) is 10.9. The van der Waals surface area contributed by atoms with E-state index in [2.05, 4.69) is 5.32 Å². The molecule has 0 saturated carbocycles. The first kappa shape index (κ1) is 14.4. The van der Waals surface area contributed by atoms with Crippen molar-refractivity contribution < 1.29 is 14.3 Å². The van der Waals surface area contributed by atoms with E-state index in [1.54, 1.807) is 26.1 Å². The Balaban J connectivity index is 2.91. The van der Waals surface area contributed by atoms with Gasteiger partial charge in [0.25, 0.3) is 0 Å². The summed E-state index contributed by atoms with van der Waals surface area (Å²) in [6.45, 7) is 4.51. The minimum absolute atomic E-state index is 0.301. The Labute approximate surface area is 106 Å². The topological polar surface area (TPSA) is 52.6 Å². The summed E-state index contributed by atoms with van der Waals surface area (Å²) in [4.78, 5) is 13.1. The quantitative estimate of drug-likeness (QED) is 0.811. The van der Waals surface area contributed by atoms with E-state index in [0.29, 0.717) is 13.1 Å². The number of anilines is 1. The average Bonchev–Trinajstić information content (AvgIpc) is 2.36. The van der Waals surface area contributed by atoms with E-state index in [1.165, 1.54) is 12.1 Å². The zero-order chi connectivity index (χ0) is 13.8. The lowest BCUT2D eigenvalue weighted by Gasteiger charge is -2.33. The molecule has 0 bridgehead atoms. The molecule has 100 valence electrons. The number of carboxylic acids is 1. The molecule has 0 aliphatic heterocycles. The first-order valence-corrected chi connectivity index (χ1v) is 5.85. The predicted octanol–water partition coefficient (Wildman–Crippen LogP) is 1.71. The number of aliphatic carboxylic acids is 1. The second-order valence-electron chi connectivity index (χ2n) is 4.38. The molecule has 0 aliphatic carbocycles. The standard InChI is InChI=1S/C13H19FN2O2/c1-4-16(9-13(2,15-3)12(17)18)11-7-5-10(14)6-8-11/h5-8,15H,4,9H2,1-3H3,(H,17,18). The van der Waals surface area contributed by atoms with Crippen LogP contribution in [0.15, 0.2) is 24.3 Å². The van der Waals surface area contributed by atoms with E-state index in [1.807, 2.05) is 11.8 Å². The van der Waals surface area contributed by atoms with Gasteiger partial charge in [-0.25, -0.2) is 4.39 Å². The smallest absolute Gasteiger partial charge is 0.325 e. The number of nitrogens with zero attached hydrogens (tertiary/aromatic N) is 1. The first-order valence-electron chi connectivity index (χ1n) is 5.85. The molecule has 0 heterocycles. The van der Waals surface area contributed by atoms with Crippen LogP contribution in [-0.4, -0.2) is 36.8 Å². The van der Waals surface area contributed by atoms with Gasteiger partial charge >= 0.3 is 5.97 Å². The van der Waals surface area contributed by atoms with E-state index >= 15 is 0 Å². The molecule has 1 atom stereocenters. The summed E-state index contributed by atoms with van der Waals surface area (Å²) in [5.41, 5.74) is -0.230. The Bertz CT molecular complexity index is 408. The summed E-state index contributed by atoms with van der Waals surface area (Å²) < 4.78 is 12.9. The summed E-state index contributed by atoms with van der Waals surface area (Å²) in [6.07, 6.45) is 0. The fourth-order valence-corrected chi connectivity index (χ4v) is 1.67. The van der Waals surface area contributed by atoms with Gasteiger partial charge in [0, 0.05) is 18.8 Å². The van der Waals surface area contributed by atoms with Crippen LogP contribution in [0, 0.1) is 5.82 Å². The fraction of sp³-hybridized carbons (Fsp3) is 0.462. The van der Waals surface area contributed by atoms with E-state index in [-0.39, 0.29) is 5.82 Å². The van der Waals surface area contributed by atoms with Crippen LogP contribution in [-0.2, 0) is 4.79 Å². The van der Waals surface area contributed by atoms with Gasteiger partial charge in [-0.1, -0.05) is 0 Å². The molecule has 1 rings (SSSR count). The predicted molar refractivity (Wildman–Crippen MR) is 69.4 cm³/mol. The number of halogens is 1. The molecule has 0 radical (unpaired) electrons. The molecule has 5 heteroatoms. The molecule has 0 fully saturated rings. The van der Waals surface area contributed by atoms with E-state index in [4.69, 9.17) is 0 Å². The van der Waals surface area contributed by atoms with Gasteiger partial charge in [-0.15, -0.1) is 0 Å². The number of benzene rings is 1. The minimum Gasteiger partial charge on any atom is -0.480 e. The number of carboxylic acid groups (broad SMARTS) is 1. The summed E-state index contributed by atoms with van der Waals surface area (Å²) in [5, 5.41) is 12.0. The lowest BCUT2D eigenvalue weighted by atomic mass is 10.0. The highest BCUT2D eigenvalue weighted by Gasteiger charge is 2.33. The van der Waals surface area contributed by atoms with Crippen molar-refractivity contribution in [3.05, 3.63) is 30.1 Å². The molecule has 1 unspecified atom stereocenters. The van der Waals surface area contributed by atoms with Crippen LogP contribution in [0.3, 0.4) is 0 Å². The highest BCUT2D eigenvalue weighted by molar-refractivity contribution is 5.79. The van der Waals surface area contributed by atoms with Crippen LogP contribution < -0.4 is 10.2 Å². The minimum atomic E-state index is -1.04. The molecule has 4 nitrogen and oxygen atoms in total. The number of nitrogens with one attached hydrogen (secondary N) is 1. The lowest BCUT2D eigenvalue weighted by Crippen LogP contribution is -2.55. The second kappa shape index (κ2) is 5.82. The number of hydrogen-bond donors (Lipinski definition) is 2. The van der Waals surface area contributed by atoms with Gasteiger partial charge in [0.15, 0.2) is 0 Å². The Kier molecular flexibility index (Phi) is 4.67. The maximum absolute atomic E-state index is 12.9. The van der Waals surface area contributed by atoms with Gasteiger partial charge in [0.05, 0.1) is 0 Å².